The highest BCUT2D eigenvalue weighted by Crippen LogP contribution is 2.35. The van der Waals surface area contributed by atoms with E-state index < -0.39 is 0 Å². The number of H-pyrrole nitrogens is 1. The van der Waals surface area contributed by atoms with Gasteiger partial charge in [-0.3, -0.25) is 14.6 Å². The molecule has 0 aliphatic carbocycles. The number of fused-ring (bicyclic) bond motifs is 2. The van der Waals surface area contributed by atoms with Crippen LogP contribution in [0.1, 0.15) is 5.82 Å². The van der Waals surface area contributed by atoms with Crippen molar-refractivity contribution in [1.29, 1.82) is 0 Å². The topological polar surface area (TPSA) is 111 Å². The molecule has 0 aliphatic heterocycles. The molecule has 33 heavy (non-hydrogen) atoms. The molecule has 4 aromatic heterocycles. The SMILES string of the molecule is Cc1nc2c(-c3ncn[nH]3)cc(-c3ccnc(N)c3)cc2n1-c1ccnc2c(F)cccc12. The fraction of sp³-hybridized carbons (Fsp3) is 0.0417. The molecule has 0 aliphatic rings. The molecule has 0 atom stereocenters. The van der Waals surface area contributed by atoms with Crippen molar-refractivity contribution in [3.05, 3.63) is 78.9 Å². The normalized spacial score (nSPS) is 11.5. The Kier molecular flexibility index (Phi) is 4.16. The smallest absolute Gasteiger partial charge is 0.157 e. The number of pyridine rings is 2. The van der Waals surface area contributed by atoms with Crippen LogP contribution in [0.4, 0.5) is 10.2 Å². The highest BCUT2D eigenvalue weighted by molar-refractivity contribution is 5.98. The number of nitrogens with zero attached hydrogens (tertiary/aromatic N) is 6. The second kappa shape index (κ2) is 7.20. The van der Waals surface area contributed by atoms with Crippen LogP contribution in [-0.2, 0) is 0 Å². The highest BCUT2D eigenvalue weighted by Gasteiger charge is 2.19. The van der Waals surface area contributed by atoms with Gasteiger partial charge in [0.05, 0.1) is 11.2 Å². The maximum atomic E-state index is 14.5. The Balaban J connectivity index is 1.72. The molecule has 0 unspecified atom stereocenters. The third kappa shape index (κ3) is 3.01. The molecule has 0 saturated heterocycles. The third-order valence-corrected chi connectivity index (χ3v) is 5.65. The van der Waals surface area contributed by atoms with Gasteiger partial charge in [0.1, 0.15) is 34.8 Å². The first-order chi connectivity index (χ1) is 16.1. The molecule has 0 fully saturated rings. The molecule has 9 heteroatoms. The molecular formula is C24H17FN8. The molecule has 2 aromatic carbocycles. The molecule has 4 heterocycles. The summed E-state index contributed by atoms with van der Waals surface area (Å²) in [5.74, 6) is 1.40. The Morgan fingerprint density at radius 3 is 2.64 bits per heavy atom. The van der Waals surface area contributed by atoms with Gasteiger partial charge in [-0.1, -0.05) is 12.1 Å². The Labute approximate surface area is 187 Å². The van der Waals surface area contributed by atoms with Gasteiger partial charge in [-0.25, -0.2) is 19.3 Å². The van der Waals surface area contributed by atoms with Gasteiger partial charge in [0, 0.05) is 23.3 Å². The van der Waals surface area contributed by atoms with E-state index in [1.807, 2.05) is 47.9 Å². The van der Waals surface area contributed by atoms with E-state index in [1.54, 1.807) is 18.5 Å². The predicted molar refractivity (Wildman–Crippen MR) is 124 cm³/mol. The van der Waals surface area contributed by atoms with Crippen molar-refractivity contribution in [2.75, 3.05) is 5.73 Å². The van der Waals surface area contributed by atoms with E-state index >= 15 is 0 Å². The molecule has 0 radical (unpaired) electrons. The van der Waals surface area contributed by atoms with E-state index in [0.717, 1.165) is 39.2 Å². The van der Waals surface area contributed by atoms with Gasteiger partial charge in [-0.05, 0) is 54.4 Å². The summed E-state index contributed by atoms with van der Waals surface area (Å²) in [5.41, 5.74) is 11.2. The number of hydrogen-bond donors (Lipinski definition) is 2. The molecular weight excluding hydrogens is 419 g/mol. The van der Waals surface area contributed by atoms with E-state index in [9.17, 15) is 4.39 Å². The van der Waals surface area contributed by atoms with Crippen LogP contribution in [0.3, 0.4) is 0 Å². The lowest BCUT2D eigenvalue weighted by Crippen LogP contribution is -2.00. The average Bonchev–Trinajstić information content (AvgIpc) is 3.46. The molecule has 6 aromatic rings. The zero-order valence-electron chi connectivity index (χ0n) is 17.5. The molecule has 0 saturated carbocycles. The van der Waals surface area contributed by atoms with Crippen molar-refractivity contribution in [2.24, 2.45) is 0 Å². The number of aromatic amines is 1. The number of anilines is 1. The molecule has 0 spiro atoms. The largest absolute Gasteiger partial charge is 0.384 e. The highest BCUT2D eigenvalue weighted by atomic mass is 19.1. The lowest BCUT2D eigenvalue weighted by atomic mass is 10.0. The number of nitrogen functional groups attached to an aromatic ring is 1. The van der Waals surface area contributed by atoms with Gasteiger partial charge in [0.2, 0.25) is 0 Å². The van der Waals surface area contributed by atoms with Gasteiger partial charge in [-0.15, -0.1) is 0 Å². The Morgan fingerprint density at radius 2 is 1.82 bits per heavy atom. The standard InChI is InChI=1S/C24H17FN8/c1-13-31-23-17(24-29-12-30-32-24)9-15(14-5-7-27-21(26)11-14)10-20(23)33(13)19-6-8-28-22-16(19)3-2-4-18(22)25/h2-12H,1H3,(H2,26,27)(H,29,30,32). The van der Waals surface area contributed by atoms with Crippen LogP contribution in [0.25, 0.3) is 50.1 Å². The third-order valence-electron chi connectivity index (χ3n) is 5.65. The van der Waals surface area contributed by atoms with Crippen LogP contribution in [0.2, 0.25) is 0 Å². The lowest BCUT2D eigenvalue weighted by molar-refractivity contribution is 0.636. The number of aromatic nitrogens is 7. The molecule has 0 amide bonds. The fourth-order valence-corrected chi connectivity index (χ4v) is 4.23. The van der Waals surface area contributed by atoms with Crippen molar-refractivity contribution in [3.8, 4) is 28.2 Å². The molecule has 0 bridgehead atoms. The Bertz CT molecular complexity index is 1650. The van der Waals surface area contributed by atoms with Crippen LogP contribution in [0.5, 0.6) is 0 Å². The maximum absolute atomic E-state index is 14.5. The second-order valence-corrected chi connectivity index (χ2v) is 7.66. The van der Waals surface area contributed by atoms with Crippen LogP contribution >= 0.6 is 0 Å². The van der Waals surface area contributed by atoms with Crippen molar-refractivity contribution in [3.63, 3.8) is 0 Å². The number of hydrogen-bond acceptors (Lipinski definition) is 6. The minimum absolute atomic E-state index is 0.310. The van der Waals surface area contributed by atoms with E-state index in [2.05, 4.69) is 25.1 Å². The number of imidazole rings is 1. The lowest BCUT2D eigenvalue weighted by Gasteiger charge is -2.12. The van der Waals surface area contributed by atoms with Gasteiger partial charge in [-0.2, -0.15) is 5.10 Å². The zero-order valence-corrected chi connectivity index (χ0v) is 17.5. The summed E-state index contributed by atoms with van der Waals surface area (Å²) in [6.45, 7) is 1.92. The van der Waals surface area contributed by atoms with Gasteiger partial charge in [0.15, 0.2) is 5.82 Å². The molecule has 6 rings (SSSR count). The number of para-hydroxylation sites is 1. The van der Waals surface area contributed by atoms with Crippen molar-refractivity contribution >= 4 is 27.8 Å². The van der Waals surface area contributed by atoms with Crippen LogP contribution < -0.4 is 5.73 Å². The van der Waals surface area contributed by atoms with Crippen LogP contribution in [0, 0.1) is 12.7 Å². The second-order valence-electron chi connectivity index (χ2n) is 7.66. The van der Waals surface area contributed by atoms with Crippen molar-refractivity contribution in [1.82, 2.24) is 34.7 Å². The fourth-order valence-electron chi connectivity index (χ4n) is 4.23. The van der Waals surface area contributed by atoms with E-state index in [0.29, 0.717) is 22.5 Å². The summed E-state index contributed by atoms with van der Waals surface area (Å²) in [6.07, 6.45) is 4.74. The predicted octanol–water partition coefficient (Wildman–Crippen LogP) is 4.45. The number of nitrogens with two attached hydrogens (primary N) is 1. The number of benzene rings is 2. The number of halogens is 1. The number of nitrogens with one attached hydrogen (secondary N) is 1. The summed E-state index contributed by atoms with van der Waals surface area (Å²) in [6, 6.07) is 14.6. The summed E-state index contributed by atoms with van der Waals surface area (Å²) in [4.78, 5) is 17.5. The van der Waals surface area contributed by atoms with Gasteiger partial charge in [0.25, 0.3) is 0 Å². The zero-order chi connectivity index (χ0) is 22.5. The quantitative estimate of drug-likeness (QED) is 0.424. The average molecular weight is 436 g/mol. The van der Waals surface area contributed by atoms with E-state index in [-0.39, 0.29) is 5.82 Å². The minimum atomic E-state index is -0.369. The van der Waals surface area contributed by atoms with E-state index in [4.69, 9.17) is 10.7 Å². The first kappa shape index (κ1) is 19.1. The Morgan fingerprint density at radius 1 is 0.939 bits per heavy atom. The number of rotatable bonds is 3. The summed E-state index contributed by atoms with van der Waals surface area (Å²) < 4.78 is 16.5. The van der Waals surface area contributed by atoms with Gasteiger partial charge >= 0.3 is 0 Å². The van der Waals surface area contributed by atoms with E-state index in [1.165, 1.54) is 12.4 Å². The monoisotopic (exact) mass is 436 g/mol. The number of aryl methyl sites for hydroxylation is 1. The summed E-state index contributed by atoms with van der Waals surface area (Å²) >= 11 is 0. The van der Waals surface area contributed by atoms with Gasteiger partial charge < -0.3 is 5.73 Å². The van der Waals surface area contributed by atoms with Crippen molar-refractivity contribution < 1.29 is 4.39 Å². The van der Waals surface area contributed by atoms with Crippen LogP contribution in [0.15, 0.2) is 67.3 Å². The molecule has 8 nitrogen and oxygen atoms in total. The maximum Gasteiger partial charge on any atom is 0.157 e. The summed E-state index contributed by atoms with van der Waals surface area (Å²) in [7, 11) is 0. The first-order valence-electron chi connectivity index (χ1n) is 10.2. The minimum Gasteiger partial charge on any atom is -0.384 e. The molecule has 160 valence electrons. The summed E-state index contributed by atoms with van der Waals surface area (Å²) in [5, 5.41) is 7.64. The Hall–Kier alpha value is -4.66. The van der Waals surface area contributed by atoms with Crippen LogP contribution in [-0.4, -0.2) is 34.7 Å². The first-order valence-corrected chi connectivity index (χ1v) is 10.2. The molecule has 3 N–H and O–H groups in total. The van der Waals surface area contributed by atoms with Crippen molar-refractivity contribution in [2.45, 2.75) is 6.92 Å².